The first-order valence-electron chi connectivity index (χ1n) is 7.81. The Balaban J connectivity index is 1.58. The van der Waals surface area contributed by atoms with E-state index in [0.29, 0.717) is 0 Å². The van der Waals surface area contributed by atoms with Crippen molar-refractivity contribution >= 4 is 0 Å². The van der Waals surface area contributed by atoms with Crippen LogP contribution in [0.5, 0.6) is 0 Å². The first kappa shape index (κ1) is 13.4. The Hall–Kier alpha value is -0.0800. The van der Waals surface area contributed by atoms with E-state index < -0.39 is 0 Å². The highest BCUT2D eigenvalue weighted by Gasteiger charge is 2.17. The lowest BCUT2D eigenvalue weighted by atomic mass is 9.98. The Bertz CT molecular complexity index is 199. The summed E-state index contributed by atoms with van der Waals surface area (Å²) in [5.74, 6) is 1.99. The zero-order valence-corrected chi connectivity index (χ0v) is 11.6. The summed E-state index contributed by atoms with van der Waals surface area (Å²) in [6.45, 7) is 8.96. The van der Waals surface area contributed by atoms with Gasteiger partial charge in [-0.05, 0) is 83.1 Å². The molecule has 17 heavy (non-hydrogen) atoms. The summed E-state index contributed by atoms with van der Waals surface area (Å²) in [6, 6.07) is 0. The molecule has 0 amide bonds. The van der Waals surface area contributed by atoms with Gasteiger partial charge < -0.3 is 10.2 Å². The van der Waals surface area contributed by atoms with Crippen LogP contribution in [-0.2, 0) is 0 Å². The molecule has 2 rings (SSSR count). The third-order valence-electron chi connectivity index (χ3n) is 4.77. The molecule has 2 aliphatic rings. The Labute approximate surface area is 107 Å². The fourth-order valence-electron chi connectivity index (χ4n) is 3.42. The van der Waals surface area contributed by atoms with Crippen molar-refractivity contribution in [1.82, 2.24) is 10.2 Å². The van der Waals surface area contributed by atoms with Gasteiger partial charge in [-0.3, -0.25) is 0 Å². The molecule has 2 fully saturated rings. The summed E-state index contributed by atoms with van der Waals surface area (Å²) in [5, 5.41) is 3.47. The maximum atomic E-state index is 3.47. The molecule has 0 radical (unpaired) electrons. The van der Waals surface area contributed by atoms with E-state index >= 15 is 0 Å². The number of rotatable bonds is 5. The van der Waals surface area contributed by atoms with E-state index in [1.54, 1.807) is 0 Å². The van der Waals surface area contributed by atoms with Crippen LogP contribution < -0.4 is 5.32 Å². The average Bonchev–Trinajstić information content (AvgIpc) is 2.75. The topological polar surface area (TPSA) is 15.3 Å². The molecular formula is C15H30N2. The summed E-state index contributed by atoms with van der Waals surface area (Å²) in [5.41, 5.74) is 0. The van der Waals surface area contributed by atoms with Crippen LogP contribution in [0, 0.1) is 11.8 Å². The SMILES string of the molecule is CCC1CCCN(CCCC2CCNC2)CC1. The maximum Gasteiger partial charge on any atom is -0.00161 e. The number of likely N-dealkylation sites (tertiary alicyclic amines) is 1. The zero-order chi connectivity index (χ0) is 11.9. The third-order valence-corrected chi connectivity index (χ3v) is 4.77. The van der Waals surface area contributed by atoms with Gasteiger partial charge in [0.05, 0.1) is 0 Å². The van der Waals surface area contributed by atoms with Crippen LogP contribution in [-0.4, -0.2) is 37.6 Å². The van der Waals surface area contributed by atoms with Crippen molar-refractivity contribution < 1.29 is 0 Å². The van der Waals surface area contributed by atoms with Gasteiger partial charge in [-0.1, -0.05) is 13.3 Å². The van der Waals surface area contributed by atoms with E-state index in [1.165, 1.54) is 77.7 Å². The number of hydrogen-bond acceptors (Lipinski definition) is 2. The fourth-order valence-corrected chi connectivity index (χ4v) is 3.42. The molecule has 0 bridgehead atoms. The molecule has 2 heteroatoms. The molecule has 0 aromatic carbocycles. The van der Waals surface area contributed by atoms with E-state index in [0.717, 1.165) is 11.8 Å². The molecule has 2 nitrogen and oxygen atoms in total. The largest absolute Gasteiger partial charge is 0.316 e. The molecule has 2 heterocycles. The van der Waals surface area contributed by atoms with Gasteiger partial charge in [-0.15, -0.1) is 0 Å². The van der Waals surface area contributed by atoms with Crippen molar-refractivity contribution in [3.05, 3.63) is 0 Å². The van der Waals surface area contributed by atoms with Gasteiger partial charge in [-0.25, -0.2) is 0 Å². The lowest BCUT2D eigenvalue weighted by Gasteiger charge is -2.20. The van der Waals surface area contributed by atoms with Crippen molar-refractivity contribution in [3.63, 3.8) is 0 Å². The van der Waals surface area contributed by atoms with Gasteiger partial charge in [-0.2, -0.15) is 0 Å². The molecule has 100 valence electrons. The van der Waals surface area contributed by atoms with E-state index in [-0.39, 0.29) is 0 Å². The second kappa shape index (κ2) is 7.38. The van der Waals surface area contributed by atoms with Gasteiger partial charge in [0.15, 0.2) is 0 Å². The van der Waals surface area contributed by atoms with Gasteiger partial charge in [0.25, 0.3) is 0 Å². The molecular weight excluding hydrogens is 208 g/mol. The highest BCUT2D eigenvalue weighted by Crippen LogP contribution is 2.21. The standard InChI is InChI=1S/C15H30N2/c1-2-14-5-3-10-17(12-8-14)11-4-6-15-7-9-16-13-15/h14-16H,2-13H2,1H3. The summed E-state index contributed by atoms with van der Waals surface area (Å²) < 4.78 is 0. The third kappa shape index (κ3) is 4.59. The normalized spacial score (nSPS) is 31.6. The van der Waals surface area contributed by atoms with Crippen LogP contribution in [0.25, 0.3) is 0 Å². The summed E-state index contributed by atoms with van der Waals surface area (Å²) in [7, 11) is 0. The zero-order valence-electron chi connectivity index (χ0n) is 11.6. The van der Waals surface area contributed by atoms with Gasteiger partial charge >= 0.3 is 0 Å². The summed E-state index contributed by atoms with van der Waals surface area (Å²) >= 11 is 0. The molecule has 2 atom stereocenters. The maximum absolute atomic E-state index is 3.47. The monoisotopic (exact) mass is 238 g/mol. The summed E-state index contributed by atoms with van der Waals surface area (Å²) in [4.78, 5) is 2.72. The molecule has 0 aromatic heterocycles. The molecule has 2 aliphatic heterocycles. The predicted molar refractivity (Wildman–Crippen MR) is 74.3 cm³/mol. The lowest BCUT2D eigenvalue weighted by Crippen LogP contribution is -2.26. The van der Waals surface area contributed by atoms with Gasteiger partial charge in [0, 0.05) is 0 Å². The van der Waals surface area contributed by atoms with Crippen molar-refractivity contribution in [3.8, 4) is 0 Å². The number of hydrogen-bond donors (Lipinski definition) is 1. The lowest BCUT2D eigenvalue weighted by molar-refractivity contribution is 0.267. The summed E-state index contributed by atoms with van der Waals surface area (Å²) in [6.07, 6.45) is 10.0. The molecule has 0 spiro atoms. The van der Waals surface area contributed by atoms with E-state index in [1.807, 2.05) is 0 Å². The second-order valence-electron chi connectivity index (χ2n) is 6.05. The van der Waals surface area contributed by atoms with E-state index in [9.17, 15) is 0 Å². The van der Waals surface area contributed by atoms with Crippen molar-refractivity contribution in [2.45, 2.75) is 51.9 Å². The smallest absolute Gasteiger partial charge is 0.00161 e. The van der Waals surface area contributed by atoms with Crippen LogP contribution in [0.15, 0.2) is 0 Å². The number of nitrogens with one attached hydrogen (secondary N) is 1. The highest BCUT2D eigenvalue weighted by molar-refractivity contribution is 4.73. The minimum Gasteiger partial charge on any atom is -0.316 e. The molecule has 2 saturated heterocycles. The Morgan fingerprint density at radius 1 is 1.12 bits per heavy atom. The Morgan fingerprint density at radius 2 is 2.06 bits per heavy atom. The molecule has 0 aromatic rings. The Kier molecular flexibility index (Phi) is 5.79. The van der Waals surface area contributed by atoms with Crippen LogP contribution in [0.1, 0.15) is 51.9 Å². The van der Waals surface area contributed by atoms with Crippen molar-refractivity contribution in [1.29, 1.82) is 0 Å². The van der Waals surface area contributed by atoms with E-state index in [2.05, 4.69) is 17.1 Å². The first-order valence-corrected chi connectivity index (χ1v) is 7.81. The van der Waals surface area contributed by atoms with Gasteiger partial charge in [0.2, 0.25) is 0 Å². The predicted octanol–water partition coefficient (Wildman–Crippen LogP) is 2.89. The van der Waals surface area contributed by atoms with Crippen LogP contribution in [0.2, 0.25) is 0 Å². The Morgan fingerprint density at radius 3 is 2.82 bits per heavy atom. The average molecular weight is 238 g/mol. The highest BCUT2D eigenvalue weighted by atomic mass is 15.1. The van der Waals surface area contributed by atoms with E-state index in [4.69, 9.17) is 0 Å². The van der Waals surface area contributed by atoms with Crippen LogP contribution >= 0.6 is 0 Å². The van der Waals surface area contributed by atoms with Crippen molar-refractivity contribution in [2.24, 2.45) is 11.8 Å². The second-order valence-corrected chi connectivity index (χ2v) is 6.05. The molecule has 2 unspecified atom stereocenters. The number of nitrogens with zero attached hydrogens (tertiary/aromatic N) is 1. The fraction of sp³-hybridized carbons (Fsp3) is 1.00. The molecule has 0 saturated carbocycles. The molecule has 0 aliphatic carbocycles. The van der Waals surface area contributed by atoms with Crippen molar-refractivity contribution in [2.75, 3.05) is 32.7 Å². The van der Waals surface area contributed by atoms with Crippen LogP contribution in [0.3, 0.4) is 0 Å². The molecule has 1 N–H and O–H groups in total. The minimum atomic E-state index is 0.977. The van der Waals surface area contributed by atoms with Crippen LogP contribution in [0.4, 0.5) is 0 Å². The van der Waals surface area contributed by atoms with Gasteiger partial charge in [0.1, 0.15) is 0 Å². The first-order chi connectivity index (χ1) is 8.38. The quantitative estimate of drug-likeness (QED) is 0.792. The minimum absolute atomic E-state index is 0.977.